The molecule has 2 rings (SSSR count). The molecule has 1 aliphatic heterocycles. The molecule has 0 aliphatic carbocycles. The molecule has 6 heteroatoms. The van der Waals surface area contributed by atoms with Crippen molar-refractivity contribution in [1.82, 2.24) is 4.31 Å². The van der Waals surface area contributed by atoms with Gasteiger partial charge in [-0.05, 0) is 31.0 Å². The van der Waals surface area contributed by atoms with Gasteiger partial charge in [0.15, 0.2) is 0 Å². The maximum absolute atomic E-state index is 12.4. The lowest BCUT2D eigenvalue weighted by molar-refractivity contribution is -0.0613. The maximum Gasteiger partial charge on any atom is 0.243 e. The first-order valence-corrected chi connectivity index (χ1v) is 7.32. The van der Waals surface area contributed by atoms with Crippen molar-refractivity contribution < 1.29 is 13.5 Å². The number of nitrogens with zero attached hydrogens (tertiary/aromatic N) is 1. The summed E-state index contributed by atoms with van der Waals surface area (Å²) in [6.45, 7) is 3.84. The number of aliphatic hydroxyl groups is 1. The smallest absolute Gasteiger partial charge is 0.243 e. The zero-order valence-corrected chi connectivity index (χ0v) is 11.4. The summed E-state index contributed by atoms with van der Waals surface area (Å²) in [6.07, 6.45) is 0.551. The molecule has 0 bridgehead atoms. The highest BCUT2D eigenvalue weighted by atomic mass is 32.2. The van der Waals surface area contributed by atoms with Crippen LogP contribution in [-0.4, -0.2) is 36.5 Å². The van der Waals surface area contributed by atoms with E-state index in [-0.39, 0.29) is 18.0 Å². The van der Waals surface area contributed by atoms with Crippen molar-refractivity contribution in [1.29, 1.82) is 0 Å². The Bertz CT molecular complexity index is 563. The fraction of sp³-hybridized carbons (Fsp3) is 0.500. The van der Waals surface area contributed by atoms with Crippen molar-refractivity contribution >= 4 is 15.7 Å². The highest BCUT2D eigenvalue weighted by molar-refractivity contribution is 7.89. The summed E-state index contributed by atoms with van der Waals surface area (Å²) < 4.78 is 26.0. The van der Waals surface area contributed by atoms with Crippen molar-refractivity contribution in [3.05, 3.63) is 23.8 Å². The maximum atomic E-state index is 12.4. The van der Waals surface area contributed by atoms with Crippen LogP contribution in [0.3, 0.4) is 0 Å². The summed E-state index contributed by atoms with van der Waals surface area (Å²) in [7, 11) is -3.54. The van der Waals surface area contributed by atoms with Crippen molar-refractivity contribution in [2.24, 2.45) is 0 Å². The fourth-order valence-corrected chi connectivity index (χ4v) is 3.91. The number of anilines is 1. The van der Waals surface area contributed by atoms with Gasteiger partial charge in [-0.15, -0.1) is 0 Å². The van der Waals surface area contributed by atoms with Crippen LogP contribution in [0.15, 0.2) is 23.1 Å². The van der Waals surface area contributed by atoms with Crippen LogP contribution in [0.5, 0.6) is 0 Å². The van der Waals surface area contributed by atoms with E-state index in [9.17, 15) is 13.5 Å². The van der Waals surface area contributed by atoms with E-state index in [1.165, 1.54) is 4.31 Å². The number of hydrogen-bond acceptors (Lipinski definition) is 4. The minimum atomic E-state index is -3.54. The summed E-state index contributed by atoms with van der Waals surface area (Å²) in [6, 6.07) is 4.85. The third-order valence-electron chi connectivity index (χ3n) is 3.54. The molecule has 1 aromatic carbocycles. The Kier molecular flexibility index (Phi) is 3.12. The topological polar surface area (TPSA) is 83.6 Å². The fourth-order valence-electron chi connectivity index (χ4n) is 2.05. The number of nitrogen functional groups attached to an aromatic ring is 1. The molecule has 0 radical (unpaired) electrons. The molecule has 1 saturated heterocycles. The van der Waals surface area contributed by atoms with Gasteiger partial charge in [-0.1, -0.05) is 13.0 Å². The normalized spacial score (nSPS) is 19.5. The van der Waals surface area contributed by atoms with Crippen LogP contribution in [0.25, 0.3) is 0 Å². The number of nitrogens with two attached hydrogens (primary N) is 1. The largest absolute Gasteiger partial charge is 0.398 e. The number of benzene rings is 1. The number of sulfonamides is 1. The first-order chi connectivity index (χ1) is 8.30. The van der Waals surface area contributed by atoms with Gasteiger partial charge in [0.2, 0.25) is 10.0 Å². The zero-order valence-electron chi connectivity index (χ0n) is 10.5. The van der Waals surface area contributed by atoms with Crippen molar-refractivity contribution in [3.8, 4) is 0 Å². The first kappa shape index (κ1) is 13.3. The molecule has 5 nitrogen and oxygen atoms in total. The van der Waals surface area contributed by atoms with Crippen molar-refractivity contribution in [2.75, 3.05) is 18.8 Å². The second-order valence-corrected chi connectivity index (χ2v) is 6.73. The van der Waals surface area contributed by atoms with Gasteiger partial charge in [-0.3, -0.25) is 0 Å². The molecule has 0 unspecified atom stereocenters. The lowest BCUT2D eigenvalue weighted by atomic mass is 9.94. The summed E-state index contributed by atoms with van der Waals surface area (Å²) in [5, 5.41) is 9.89. The molecular weight excluding hydrogens is 252 g/mol. The van der Waals surface area contributed by atoms with E-state index in [0.717, 1.165) is 0 Å². The molecule has 1 heterocycles. The molecule has 18 heavy (non-hydrogen) atoms. The monoisotopic (exact) mass is 270 g/mol. The average Bonchev–Trinajstić information content (AvgIpc) is 2.28. The van der Waals surface area contributed by atoms with Gasteiger partial charge in [0, 0.05) is 18.8 Å². The van der Waals surface area contributed by atoms with E-state index in [1.807, 2.05) is 6.92 Å². The highest BCUT2D eigenvalue weighted by Gasteiger charge is 2.46. The minimum absolute atomic E-state index is 0.153. The molecule has 1 aliphatic rings. The summed E-state index contributed by atoms with van der Waals surface area (Å²) in [5.74, 6) is 0. The highest BCUT2D eigenvalue weighted by Crippen LogP contribution is 2.32. The molecule has 0 saturated carbocycles. The predicted molar refractivity (Wildman–Crippen MR) is 69.6 cm³/mol. The number of rotatable bonds is 3. The standard InChI is InChI=1S/C12H18N2O3S/c1-3-12(15)7-14(8-12)18(16,17)11-6-4-5-10(13)9(11)2/h4-6,15H,3,7-8,13H2,1-2H3. The Hall–Kier alpha value is -1.11. The Labute approximate surface area is 107 Å². The molecule has 0 aromatic heterocycles. The lowest BCUT2D eigenvalue weighted by Gasteiger charge is -2.45. The van der Waals surface area contributed by atoms with E-state index in [4.69, 9.17) is 5.73 Å². The van der Waals surface area contributed by atoms with Crippen LogP contribution in [-0.2, 0) is 10.0 Å². The van der Waals surface area contributed by atoms with Gasteiger partial charge >= 0.3 is 0 Å². The van der Waals surface area contributed by atoms with Gasteiger partial charge in [0.25, 0.3) is 0 Å². The first-order valence-electron chi connectivity index (χ1n) is 5.88. The van der Waals surface area contributed by atoms with Crippen molar-refractivity contribution in [3.63, 3.8) is 0 Å². The van der Waals surface area contributed by atoms with E-state index < -0.39 is 15.6 Å². The molecule has 0 atom stereocenters. The summed E-state index contributed by atoms with van der Waals surface area (Å²) in [4.78, 5) is 0.223. The Morgan fingerprint density at radius 3 is 2.61 bits per heavy atom. The number of β-amino-alcohol motifs (C(OH)–C–C–N with tert-alkyl or cyclic N) is 1. The molecule has 1 fully saturated rings. The van der Waals surface area contributed by atoms with Crippen LogP contribution < -0.4 is 5.73 Å². The molecule has 3 N–H and O–H groups in total. The third kappa shape index (κ3) is 2.00. The second-order valence-electron chi connectivity index (χ2n) is 4.82. The van der Waals surface area contributed by atoms with Crippen LogP contribution in [0.1, 0.15) is 18.9 Å². The second kappa shape index (κ2) is 4.22. The van der Waals surface area contributed by atoms with Gasteiger partial charge in [-0.25, -0.2) is 8.42 Å². The zero-order chi connectivity index (χ0) is 13.6. The van der Waals surface area contributed by atoms with Crippen LogP contribution in [0.4, 0.5) is 5.69 Å². The van der Waals surface area contributed by atoms with Gasteiger partial charge in [0.1, 0.15) is 0 Å². The molecule has 0 spiro atoms. The summed E-state index contributed by atoms with van der Waals surface area (Å²) in [5.41, 5.74) is 5.87. The van der Waals surface area contributed by atoms with E-state index in [2.05, 4.69) is 0 Å². The minimum Gasteiger partial charge on any atom is -0.398 e. The Morgan fingerprint density at radius 2 is 2.06 bits per heavy atom. The van der Waals surface area contributed by atoms with Gasteiger partial charge < -0.3 is 10.8 Å². The number of hydrogen-bond donors (Lipinski definition) is 2. The summed E-state index contributed by atoms with van der Waals surface area (Å²) >= 11 is 0. The van der Waals surface area contributed by atoms with Gasteiger partial charge in [-0.2, -0.15) is 4.31 Å². The van der Waals surface area contributed by atoms with Gasteiger partial charge in [0.05, 0.1) is 10.5 Å². The molecule has 0 amide bonds. The Morgan fingerprint density at radius 1 is 1.44 bits per heavy atom. The van der Waals surface area contributed by atoms with E-state index in [1.54, 1.807) is 25.1 Å². The molecule has 1 aromatic rings. The van der Waals surface area contributed by atoms with E-state index in [0.29, 0.717) is 17.7 Å². The SMILES string of the molecule is CCC1(O)CN(S(=O)(=O)c2cccc(N)c2C)C1. The van der Waals surface area contributed by atoms with Crippen LogP contribution in [0, 0.1) is 6.92 Å². The third-order valence-corrected chi connectivity index (χ3v) is 5.48. The quantitative estimate of drug-likeness (QED) is 0.793. The average molecular weight is 270 g/mol. The van der Waals surface area contributed by atoms with E-state index >= 15 is 0 Å². The molecule has 100 valence electrons. The predicted octanol–water partition coefficient (Wildman–Crippen LogP) is 0.723. The lowest BCUT2D eigenvalue weighted by Crippen LogP contribution is -2.62. The molecular formula is C12H18N2O3S. The van der Waals surface area contributed by atoms with Crippen LogP contribution >= 0.6 is 0 Å². The Balaban J connectivity index is 2.31. The van der Waals surface area contributed by atoms with Crippen LogP contribution in [0.2, 0.25) is 0 Å². The van der Waals surface area contributed by atoms with Crippen molar-refractivity contribution in [2.45, 2.75) is 30.8 Å².